The molecule has 3 N–H and O–H groups in total. The van der Waals surface area contributed by atoms with Crippen molar-refractivity contribution in [2.75, 3.05) is 0 Å². The van der Waals surface area contributed by atoms with E-state index in [1.54, 1.807) is 0 Å². The Morgan fingerprint density at radius 1 is 1.33 bits per heavy atom. The highest BCUT2D eigenvalue weighted by atomic mass is 16.4. The summed E-state index contributed by atoms with van der Waals surface area (Å²) in [7, 11) is 0. The molecule has 154 valence electrons. The van der Waals surface area contributed by atoms with Crippen LogP contribution in [0.2, 0.25) is 0 Å². The summed E-state index contributed by atoms with van der Waals surface area (Å²) < 4.78 is 0. The number of allylic oxidation sites excluding steroid dienone is 2. The van der Waals surface area contributed by atoms with Gasteiger partial charge in [0.25, 0.3) is 0 Å². The number of hydrogen-bond donors (Lipinski definition) is 3. The van der Waals surface area contributed by atoms with E-state index < -0.39 is 18.2 Å². The van der Waals surface area contributed by atoms with Crippen molar-refractivity contribution in [3.63, 3.8) is 0 Å². The number of aliphatic hydroxyl groups is 2. The second-order valence-electron chi connectivity index (χ2n) is 8.53. The van der Waals surface area contributed by atoms with E-state index >= 15 is 0 Å². The lowest BCUT2D eigenvalue weighted by Gasteiger charge is -2.29. The summed E-state index contributed by atoms with van der Waals surface area (Å²) in [5, 5.41) is 29.6. The molecule has 0 heterocycles. The smallest absolute Gasteiger partial charge is 0.303 e. The van der Waals surface area contributed by atoms with Crippen molar-refractivity contribution in [3.8, 4) is 0 Å². The molecule has 0 aromatic heterocycles. The lowest BCUT2D eigenvalue weighted by atomic mass is 9.80. The van der Waals surface area contributed by atoms with Crippen LogP contribution in [0.4, 0.5) is 0 Å². The quantitative estimate of drug-likeness (QED) is 0.334. The number of hydrogen-bond acceptors (Lipinski definition) is 3. The average molecular weight is 379 g/mol. The molecule has 1 rings (SSSR count). The van der Waals surface area contributed by atoms with Crippen molar-refractivity contribution in [2.24, 2.45) is 17.3 Å². The van der Waals surface area contributed by atoms with Gasteiger partial charge in [0.05, 0.1) is 12.2 Å². The first-order valence-corrected chi connectivity index (χ1v) is 10.3. The van der Waals surface area contributed by atoms with Gasteiger partial charge in [0.15, 0.2) is 0 Å². The zero-order valence-corrected chi connectivity index (χ0v) is 17.2. The first-order valence-electron chi connectivity index (χ1n) is 10.3. The molecule has 0 spiro atoms. The van der Waals surface area contributed by atoms with Gasteiger partial charge in [0.2, 0.25) is 0 Å². The molecular weight excluding hydrogens is 340 g/mol. The molecule has 2 unspecified atom stereocenters. The fourth-order valence-electron chi connectivity index (χ4n) is 3.69. The molecule has 0 amide bonds. The van der Waals surface area contributed by atoms with Gasteiger partial charge in [-0.2, -0.15) is 0 Å². The third-order valence-electron chi connectivity index (χ3n) is 5.71. The van der Waals surface area contributed by atoms with Crippen LogP contribution in [-0.4, -0.2) is 33.5 Å². The fraction of sp³-hybridized carbons (Fsp3) is 0.696. The van der Waals surface area contributed by atoms with Crippen LogP contribution in [0, 0.1) is 17.3 Å². The molecule has 4 nitrogen and oxygen atoms in total. The SMILES string of the molecule is C=C1CC(O)[C@H](/C=C/C(O)C(C)(C)CCCC)[C@H]1C/C=C/CCCC(=O)O. The second-order valence-corrected chi connectivity index (χ2v) is 8.53. The summed E-state index contributed by atoms with van der Waals surface area (Å²) in [6.45, 7) is 10.4. The van der Waals surface area contributed by atoms with E-state index in [4.69, 9.17) is 5.11 Å². The standard InChI is InChI=1S/C23H38O4/c1-5-6-15-23(3,4)21(25)14-13-19-18(17(2)16-20(19)24)11-9-7-8-10-12-22(26)27/h7,9,13-14,18-21,24-25H,2,5-6,8,10-12,15-16H2,1,3-4H3,(H,26,27)/b9-7+,14-13+/t18-,19+,20?,21?/m0/s1. The van der Waals surface area contributed by atoms with Gasteiger partial charge < -0.3 is 15.3 Å². The highest BCUT2D eigenvalue weighted by molar-refractivity contribution is 5.66. The van der Waals surface area contributed by atoms with Gasteiger partial charge in [-0.25, -0.2) is 0 Å². The number of aliphatic hydroxyl groups excluding tert-OH is 2. The maximum Gasteiger partial charge on any atom is 0.303 e. The fourth-order valence-corrected chi connectivity index (χ4v) is 3.69. The predicted octanol–water partition coefficient (Wildman–Crippen LogP) is 4.87. The van der Waals surface area contributed by atoms with Crippen LogP contribution in [0.1, 0.15) is 72.1 Å². The van der Waals surface area contributed by atoms with Crippen molar-refractivity contribution in [1.29, 1.82) is 0 Å². The molecule has 1 aliphatic rings. The molecule has 0 aromatic rings. The van der Waals surface area contributed by atoms with Gasteiger partial charge in [-0.1, -0.05) is 70.1 Å². The Hall–Kier alpha value is -1.39. The Kier molecular flexibility index (Phi) is 10.0. The molecule has 0 aromatic carbocycles. The third kappa shape index (κ3) is 8.02. The van der Waals surface area contributed by atoms with E-state index in [0.29, 0.717) is 12.8 Å². The Balaban J connectivity index is 2.63. The molecule has 1 aliphatic carbocycles. The van der Waals surface area contributed by atoms with Crippen molar-refractivity contribution in [2.45, 2.75) is 84.3 Å². The lowest BCUT2D eigenvalue weighted by molar-refractivity contribution is -0.137. The molecule has 1 saturated carbocycles. The number of carboxylic acid groups (broad SMARTS) is 1. The van der Waals surface area contributed by atoms with E-state index in [1.807, 2.05) is 18.2 Å². The Bertz CT molecular complexity index is 532. The maximum atomic E-state index is 10.6. The van der Waals surface area contributed by atoms with Crippen LogP contribution in [0.5, 0.6) is 0 Å². The second kappa shape index (κ2) is 11.5. The number of unbranched alkanes of at least 4 members (excludes halogenated alkanes) is 2. The lowest BCUT2D eigenvalue weighted by Crippen LogP contribution is -2.28. The average Bonchev–Trinajstić information content (AvgIpc) is 2.86. The van der Waals surface area contributed by atoms with Gasteiger partial charge in [-0.05, 0) is 43.4 Å². The summed E-state index contributed by atoms with van der Waals surface area (Å²) >= 11 is 0. The summed E-state index contributed by atoms with van der Waals surface area (Å²) in [6, 6.07) is 0. The van der Waals surface area contributed by atoms with E-state index in [-0.39, 0.29) is 23.7 Å². The molecule has 0 bridgehead atoms. The van der Waals surface area contributed by atoms with Gasteiger partial charge >= 0.3 is 5.97 Å². The minimum absolute atomic E-state index is 0.0298. The topological polar surface area (TPSA) is 77.8 Å². The molecule has 0 aliphatic heterocycles. The molecular formula is C23H38O4. The van der Waals surface area contributed by atoms with Gasteiger partial charge in [0.1, 0.15) is 0 Å². The van der Waals surface area contributed by atoms with E-state index in [0.717, 1.165) is 37.7 Å². The summed E-state index contributed by atoms with van der Waals surface area (Å²) in [6.07, 6.45) is 13.1. The van der Waals surface area contributed by atoms with Crippen LogP contribution in [0.3, 0.4) is 0 Å². The highest BCUT2D eigenvalue weighted by Crippen LogP contribution is 2.40. The Morgan fingerprint density at radius 3 is 2.67 bits per heavy atom. The van der Waals surface area contributed by atoms with Crippen LogP contribution in [0.15, 0.2) is 36.5 Å². The number of carbonyl (C=O) groups is 1. The maximum absolute atomic E-state index is 10.6. The number of carboxylic acids is 1. The summed E-state index contributed by atoms with van der Waals surface area (Å²) in [5.41, 5.74) is 0.874. The molecule has 4 atom stereocenters. The molecule has 1 fully saturated rings. The van der Waals surface area contributed by atoms with Gasteiger partial charge in [-0.3, -0.25) is 4.79 Å². The van der Waals surface area contributed by atoms with E-state index in [2.05, 4.69) is 33.4 Å². The zero-order chi connectivity index (χ0) is 20.4. The van der Waals surface area contributed by atoms with E-state index in [1.165, 1.54) is 0 Å². The Morgan fingerprint density at radius 2 is 2.04 bits per heavy atom. The molecule has 27 heavy (non-hydrogen) atoms. The van der Waals surface area contributed by atoms with E-state index in [9.17, 15) is 15.0 Å². The Labute approximate surface area is 164 Å². The van der Waals surface area contributed by atoms with Crippen LogP contribution in [0.25, 0.3) is 0 Å². The zero-order valence-electron chi connectivity index (χ0n) is 17.2. The summed E-state index contributed by atoms with van der Waals surface area (Å²) in [4.78, 5) is 10.5. The minimum atomic E-state index is -0.763. The van der Waals surface area contributed by atoms with Crippen molar-refractivity contribution in [3.05, 3.63) is 36.5 Å². The number of aliphatic carboxylic acids is 1. The van der Waals surface area contributed by atoms with Crippen LogP contribution >= 0.6 is 0 Å². The number of rotatable bonds is 12. The van der Waals surface area contributed by atoms with Gasteiger partial charge in [0, 0.05) is 12.3 Å². The first kappa shape index (κ1) is 23.6. The molecule has 0 saturated heterocycles. The van der Waals surface area contributed by atoms with Gasteiger partial charge in [-0.15, -0.1) is 0 Å². The largest absolute Gasteiger partial charge is 0.481 e. The third-order valence-corrected chi connectivity index (χ3v) is 5.71. The van der Waals surface area contributed by atoms with Crippen LogP contribution in [-0.2, 0) is 4.79 Å². The van der Waals surface area contributed by atoms with Crippen LogP contribution < -0.4 is 0 Å². The van der Waals surface area contributed by atoms with Crippen molar-refractivity contribution in [1.82, 2.24) is 0 Å². The summed E-state index contributed by atoms with van der Waals surface area (Å²) in [5.74, 6) is -0.628. The van der Waals surface area contributed by atoms with Crippen molar-refractivity contribution >= 4 is 5.97 Å². The predicted molar refractivity (Wildman–Crippen MR) is 110 cm³/mol. The van der Waals surface area contributed by atoms with Crippen molar-refractivity contribution < 1.29 is 20.1 Å². The highest BCUT2D eigenvalue weighted by Gasteiger charge is 2.35. The monoisotopic (exact) mass is 378 g/mol. The normalized spacial score (nSPS) is 24.9. The minimum Gasteiger partial charge on any atom is -0.481 e. The first-order chi connectivity index (χ1) is 12.7. The molecule has 4 heteroatoms. The molecule has 0 radical (unpaired) electrons.